The number of aliphatic hydroxyl groups excluding tert-OH is 2. The van der Waals surface area contributed by atoms with Gasteiger partial charge in [-0.25, -0.2) is 0 Å². The number of rotatable bonds is 2. The maximum absolute atomic E-state index is 11.9. The Kier molecular flexibility index (Phi) is 3.49. The van der Waals surface area contributed by atoms with E-state index in [9.17, 15) is 15.0 Å². The minimum absolute atomic E-state index is 0.212. The molecule has 0 aromatic carbocycles. The Morgan fingerprint density at radius 3 is 2.88 bits per heavy atom. The summed E-state index contributed by atoms with van der Waals surface area (Å²) in [5.74, 6) is -0.212. The number of aryl methyl sites for hydroxylation is 1. The lowest BCUT2D eigenvalue weighted by molar-refractivity contribution is -0.0278. The zero-order valence-electron chi connectivity index (χ0n) is 9.84. The highest BCUT2D eigenvalue weighted by atomic mass is 16.3. The largest absolute Gasteiger partial charge is 0.390 e. The summed E-state index contributed by atoms with van der Waals surface area (Å²) in [5.41, 5.74) is 0.553. The topological polar surface area (TPSA) is 74.5 Å². The van der Waals surface area contributed by atoms with E-state index in [0.29, 0.717) is 18.5 Å². The molecule has 94 valence electrons. The van der Waals surface area contributed by atoms with Gasteiger partial charge in [0.1, 0.15) is 5.69 Å². The first-order valence-corrected chi connectivity index (χ1v) is 5.88. The van der Waals surface area contributed by atoms with E-state index in [4.69, 9.17) is 0 Å². The number of carbonyl (C=O) groups is 1. The van der Waals surface area contributed by atoms with Crippen molar-refractivity contribution in [3.8, 4) is 0 Å². The van der Waals surface area contributed by atoms with E-state index in [1.807, 2.05) is 0 Å². The highest BCUT2D eigenvalue weighted by Gasteiger charge is 2.31. The number of hydrogen-bond acceptors (Lipinski definition) is 3. The number of carbonyl (C=O) groups excluding carboxylic acids is 1. The van der Waals surface area contributed by atoms with Crippen LogP contribution >= 0.6 is 0 Å². The molecule has 1 fully saturated rings. The van der Waals surface area contributed by atoms with Crippen molar-refractivity contribution in [2.75, 3.05) is 0 Å². The highest BCUT2D eigenvalue weighted by molar-refractivity contribution is 5.92. The van der Waals surface area contributed by atoms with E-state index in [1.165, 1.54) is 0 Å². The third-order valence-corrected chi connectivity index (χ3v) is 3.31. The van der Waals surface area contributed by atoms with Gasteiger partial charge in [-0.3, -0.25) is 4.79 Å². The zero-order valence-corrected chi connectivity index (χ0v) is 9.84. The van der Waals surface area contributed by atoms with Crippen molar-refractivity contribution in [2.24, 2.45) is 7.05 Å². The first-order chi connectivity index (χ1) is 8.09. The Labute approximate surface area is 100 Å². The van der Waals surface area contributed by atoms with Crippen molar-refractivity contribution >= 4 is 5.91 Å². The Balaban J connectivity index is 2.01. The Hall–Kier alpha value is -1.33. The monoisotopic (exact) mass is 238 g/mol. The van der Waals surface area contributed by atoms with E-state index in [-0.39, 0.29) is 11.9 Å². The van der Waals surface area contributed by atoms with Crippen LogP contribution < -0.4 is 5.32 Å². The fourth-order valence-electron chi connectivity index (χ4n) is 2.25. The van der Waals surface area contributed by atoms with Crippen LogP contribution in [0.2, 0.25) is 0 Å². The molecular weight excluding hydrogens is 220 g/mol. The van der Waals surface area contributed by atoms with Crippen LogP contribution in [0.3, 0.4) is 0 Å². The van der Waals surface area contributed by atoms with Crippen LogP contribution in [-0.2, 0) is 7.05 Å². The molecule has 0 spiro atoms. The second kappa shape index (κ2) is 4.89. The Bertz CT molecular complexity index is 402. The molecule has 5 nitrogen and oxygen atoms in total. The van der Waals surface area contributed by atoms with Gasteiger partial charge in [0.15, 0.2) is 0 Å². The molecule has 0 unspecified atom stereocenters. The first kappa shape index (κ1) is 12.1. The van der Waals surface area contributed by atoms with Gasteiger partial charge in [0.2, 0.25) is 0 Å². The van der Waals surface area contributed by atoms with Gasteiger partial charge in [0.25, 0.3) is 5.91 Å². The lowest BCUT2D eigenvalue weighted by Crippen LogP contribution is -2.51. The molecule has 5 heteroatoms. The number of aromatic nitrogens is 1. The Morgan fingerprint density at radius 2 is 2.24 bits per heavy atom. The molecule has 0 bridgehead atoms. The summed E-state index contributed by atoms with van der Waals surface area (Å²) in [5, 5.41) is 22.1. The van der Waals surface area contributed by atoms with Crippen molar-refractivity contribution < 1.29 is 15.0 Å². The molecule has 1 amide bonds. The van der Waals surface area contributed by atoms with Crippen molar-refractivity contribution in [2.45, 2.75) is 37.5 Å². The molecule has 1 aromatic rings. The summed E-state index contributed by atoms with van der Waals surface area (Å²) >= 11 is 0. The van der Waals surface area contributed by atoms with Gasteiger partial charge in [-0.15, -0.1) is 0 Å². The van der Waals surface area contributed by atoms with E-state index < -0.39 is 12.2 Å². The number of nitrogens with one attached hydrogen (secondary N) is 1. The van der Waals surface area contributed by atoms with E-state index in [0.717, 1.165) is 6.42 Å². The lowest BCUT2D eigenvalue weighted by atomic mass is 9.90. The molecule has 17 heavy (non-hydrogen) atoms. The maximum Gasteiger partial charge on any atom is 0.268 e. The average Bonchev–Trinajstić information content (AvgIpc) is 2.71. The SMILES string of the molecule is Cn1cccc1C(=O)N[C@@H]1CCC[C@@H](O)[C@@H]1O. The summed E-state index contributed by atoms with van der Waals surface area (Å²) in [4.78, 5) is 11.9. The third-order valence-electron chi connectivity index (χ3n) is 3.31. The van der Waals surface area contributed by atoms with E-state index >= 15 is 0 Å². The number of aliphatic hydroxyl groups is 2. The Morgan fingerprint density at radius 1 is 1.47 bits per heavy atom. The van der Waals surface area contributed by atoms with Crippen LogP contribution in [0.1, 0.15) is 29.8 Å². The summed E-state index contributed by atoms with van der Waals surface area (Å²) in [6.07, 6.45) is 2.30. The van der Waals surface area contributed by atoms with Crippen molar-refractivity contribution in [3.63, 3.8) is 0 Å². The molecule has 3 N–H and O–H groups in total. The minimum atomic E-state index is -0.868. The highest BCUT2D eigenvalue weighted by Crippen LogP contribution is 2.19. The molecule has 1 aliphatic rings. The van der Waals surface area contributed by atoms with Crippen LogP contribution in [-0.4, -0.2) is 38.9 Å². The van der Waals surface area contributed by atoms with Gasteiger partial charge >= 0.3 is 0 Å². The molecule has 1 aliphatic carbocycles. The van der Waals surface area contributed by atoms with Crippen LogP contribution in [0.15, 0.2) is 18.3 Å². The van der Waals surface area contributed by atoms with Gasteiger partial charge in [-0.05, 0) is 31.4 Å². The van der Waals surface area contributed by atoms with Gasteiger partial charge in [-0.1, -0.05) is 0 Å². The van der Waals surface area contributed by atoms with Gasteiger partial charge in [-0.2, -0.15) is 0 Å². The van der Waals surface area contributed by atoms with Gasteiger partial charge < -0.3 is 20.1 Å². The lowest BCUT2D eigenvalue weighted by Gasteiger charge is -2.32. The normalized spacial score (nSPS) is 29.0. The number of amides is 1. The fraction of sp³-hybridized carbons (Fsp3) is 0.583. The van der Waals surface area contributed by atoms with E-state index in [1.54, 1.807) is 29.9 Å². The first-order valence-electron chi connectivity index (χ1n) is 5.88. The summed E-state index contributed by atoms with van der Waals surface area (Å²) in [7, 11) is 1.79. The number of nitrogens with zero attached hydrogens (tertiary/aromatic N) is 1. The second-order valence-corrected chi connectivity index (χ2v) is 4.57. The van der Waals surface area contributed by atoms with Gasteiger partial charge in [0.05, 0.1) is 18.2 Å². The number of hydrogen-bond donors (Lipinski definition) is 3. The molecule has 0 saturated heterocycles. The standard InChI is InChI=1S/C12H18N2O3/c1-14-7-3-5-9(14)12(17)13-8-4-2-6-10(15)11(8)16/h3,5,7-8,10-11,15-16H,2,4,6H2,1H3,(H,13,17)/t8-,10-,11-/m1/s1. The zero-order chi connectivity index (χ0) is 12.4. The molecule has 2 rings (SSSR count). The molecule has 0 radical (unpaired) electrons. The van der Waals surface area contributed by atoms with Crippen LogP contribution in [0, 0.1) is 0 Å². The average molecular weight is 238 g/mol. The smallest absolute Gasteiger partial charge is 0.268 e. The summed E-state index contributed by atoms with van der Waals surface area (Å²) in [6.45, 7) is 0. The molecule has 1 aromatic heterocycles. The maximum atomic E-state index is 11.9. The predicted octanol–water partition coefficient (Wildman–Crippen LogP) is 0.0292. The van der Waals surface area contributed by atoms with Crippen molar-refractivity contribution in [1.29, 1.82) is 0 Å². The van der Waals surface area contributed by atoms with E-state index in [2.05, 4.69) is 5.32 Å². The fourth-order valence-corrected chi connectivity index (χ4v) is 2.25. The van der Waals surface area contributed by atoms with Crippen LogP contribution in [0.25, 0.3) is 0 Å². The molecular formula is C12H18N2O3. The molecule has 1 heterocycles. The molecule has 3 atom stereocenters. The summed E-state index contributed by atoms with van der Waals surface area (Å²) in [6, 6.07) is 3.16. The molecule has 0 aliphatic heterocycles. The van der Waals surface area contributed by atoms with Crippen LogP contribution in [0.4, 0.5) is 0 Å². The second-order valence-electron chi connectivity index (χ2n) is 4.57. The van der Waals surface area contributed by atoms with Gasteiger partial charge in [0, 0.05) is 13.2 Å². The minimum Gasteiger partial charge on any atom is -0.390 e. The van der Waals surface area contributed by atoms with Crippen LogP contribution in [0.5, 0.6) is 0 Å². The van der Waals surface area contributed by atoms with Crippen molar-refractivity contribution in [3.05, 3.63) is 24.0 Å². The quantitative estimate of drug-likeness (QED) is 0.680. The van der Waals surface area contributed by atoms with Crippen molar-refractivity contribution in [1.82, 2.24) is 9.88 Å². The predicted molar refractivity (Wildman–Crippen MR) is 62.5 cm³/mol. The third kappa shape index (κ3) is 2.50. The molecule has 1 saturated carbocycles. The summed E-state index contributed by atoms with van der Waals surface area (Å²) < 4.78 is 1.72.